The molecule has 0 atom stereocenters. The summed E-state index contributed by atoms with van der Waals surface area (Å²) in [5.41, 5.74) is 6.42. The Kier molecular flexibility index (Phi) is 6.09. The molecule has 3 aliphatic rings. The van der Waals surface area contributed by atoms with Gasteiger partial charge in [-0.15, -0.1) is 0 Å². The van der Waals surface area contributed by atoms with Gasteiger partial charge in [-0.3, -0.25) is 9.78 Å². The van der Waals surface area contributed by atoms with E-state index in [-0.39, 0.29) is 11.9 Å². The predicted octanol–water partition coefficient (Wildman–Crippen LogP) is 4.79. The van der Waals surface area contributed by atoms with Crippen molar-refractivity contribution >= 4 is 28.9 Å². The van der Waals surface area contributed by atoms with E-state index in [1.54, 1.807) is 0 Å². The molecule has 2 aromatic heterocycles. The zero-order valence-corrected chi connectivity index (χ0v) is 20.7. The van der Waals surface area contributed by atoms with Crippen LogP contribution in [0.4, 0.5) is 0 Å². The molecule has 0 spiro atoms. The molecule has 36 heavy (non-hydrogen) atoms. The summed E-state index contributed by atoms with van der Waals surface area (Å²) in [7, 11) is 1.40. The summed E-state index contributed by atoms with van der Waals surface area (Å²) in [4.78, 5) is 32.9. The van der Waals surface area contributed by atoms with Gasteiger partial charge in [-0.05, 0) is 48.6 Å². The van der Waals surface area contributed by atoms with Crippen LogP contribution >= 0.6 is 0 Å². The molecule has 7 nitrogen and oxygen atoms in total. The molecule has 1 amide bonds. The number of fused-ring (bicyclic) bond motifs is 5. The lowest BCUT2D eigenvalue weighted by Gasteiger charge is -2.28. The van der Waals surface area contributed by atoms with E-state index in [4.69, 9.17) is 14.5 Å². The molecule has 1 saturated carbocycles. The number of carbonyl (C=O) groups is 2. The van der Waals surface area contributed by atoms with E-state index in [9.17, 15) is 9.59 Å². The number of morpholine rings is 1. The average molecular weight is 486 g/mol. The quantitative estimate of drug-likeness (QED) is 0.499. The third-order valence-corrected chi connectivity index (χ3v) is 7.83. The Hall–Kier alpha value is -3.45. The lowest BCUT2D eigenvalue weighted by molar-refractivity contribution is -0.131. The van der Waals surface area contributed by atoms with Crippen LogP contribution in [0.2, 0.25) is 0 Å². The minimum atomic E-state index is -0.362. The molecule has 0 N–H and O–H groups in total. The van der Waals surface area contributed by atoms with E-state index in [1.165, 1.54) is 31.9 Å². The highest BCUT2D eigenvalue weighted by Crippen LogP contribution is 2.46. The Morgan fingerprint density at radius 2 is 1.89 bits per heavy atom. The first-order valence-corrected chi connectivity index (χ1v) is 12.9. The van der Waals surface area contributed by atoms with Crippen molar-refractivity contribution < 1.29 is 19.1 Å². The number of pyridine rings is 1. The van der Waals surface area contributed by atoms with Crippen LogP contribution in [0.3, 0.4) is 0 Å². The molecule has 6 rings (SSSR count). The van der Waals surface area contributed by atoms with Gasteiger partial charge in [0.2, 0.25) is 0 Å². The van der Waals surface area contributed by atoms with E-state index in [0.717, 1.165) is 46.3 Å². The third-order valence-electron chi connectivity index (χ3n) is 7.83. The van der Waals surface area contributed by atoms with Gasteiger partial charge >= 0.3 is 5.97 Å². The fourth-order valence-electron chi connectivity index (χ4n) is 6.08. The second-order valence-electron chi connectivity index (χ2n) is 9.92. The summed E-state index contributed by atoms with van der Waals surface area (Å²) < 4.78 is 12.7. The van der Waals surface area contributed by atoms with Gasteiger partial charge in [0.1, 0.15) is 0 Å². The second kappa shape index (κ2) is 9.54. The monoisotopic (exact) mass is 485 g/mol. The first kappa shape index (κ1) is 23.0. The number of carbonyl (C=O) groups excluding carboxylic acids is 2. The smallest absolute Gasteiger partial charge is 0.337 e. The molecule has 1 aliphatic carbocycles. The minimum Gasteiger partial charge on any atom is -0.465 e. The maximum absolute atomic E-state index is 13.7. The number of ether oxygens (including phenoxy) is 2. The summed E-state index contributed by atoms with van der Waals surface area (Å²) >= 11 is 0. The van der Waals surface area contributed by atoms with Gasteiger partial charge in [0.25, 0.3) is 5.91 Å². The Bertz CT molecular complexity index is 1360. The maximum atomic E-state index is 13.7. The molecular weight excluding hydrogens is 454 g/mol. The summed E-state index contributed by atoms with van der Waals surface area (Å²) in [5.74, 6) is 0.0953. The number of hydrogen-bond donors (Lipinski definition) is 0. The molecule has 4 heterocycles. The van der Waals surface area contributed by atoms with Crippen molar-refractivity contribution in [3.05, 3.63) is 58.8 Å². The first-order chi connectivity index (χ1) is 17.7. The molecule has 1 saturated heterocycles. The molecule has 1 aromatic carbocycles. The van der Waals surface area contributed by atoms with E-state index >= 15 is 0 Å². The molecule has 0 bridgehead atoms. The average Bonchev–Trinajstić information content (AvgIpc) is 3.15. The van der Waals surface area contributed by atoms with Crippen molar-refractivity contribution in [2.24, 2.45) is 0 Å². The standard InChI is InChI=1S/C29H31N3O4/c1-35-29(34)21-9-10-23-24(17-21)32-18-22(28(33)31-12-14-36-15-13-31)16-20-8-5-11-30-26(20)27(32)25(23)19-6-3-2-4-7-19/h5,8-11,16-17,19H,2-4,6-7,12-15,18H2,1H3. The zero-order valence-electron chi connectivity index (χ0n) is 20.7. The van der Waals surface area contributed by atoms with Crippen molar-refractivity contribution in [2.75, 3.05) is 33.4 Å². The van der Waals surface area contributed by atoms with Crippen molar-refractivity contribution in [3.8, 4) is 11.4 Å². The van der Waals surface area contributed by atoms with Crippen LogP contribution in [0.5, 0.6) is 0 Å². The molecule has 2 fully saturated rings. The number of rotatable bonds is 3. The van der Waals surface area contributed by atoms with Crippen LogP contribution in [0.15, 0.2) is 42.1 Å². The van der Waals surface area contributed by atoms with Gasteiger partial charge in [0.05, 0.1) is 49.3 Å². The van der Waals surface area contributed by atoms with E-state index in [2.05, 4.69) is 10.6 Å². The highest BCUT2D eigenvalue weighted by atomic mass is 16.5. The Balaban J connectivity index is 1.58. The number of hydrogen-bond acceptors (Lipinski definition) is 5. The first-order valence-electron chi connectivity index (χ1n) is 12.9. The summed E-state index contributed by atoms with van der Waals surface area (Å²) in [6.07, 6.45) is 9.81. The van der Waals surface area contributed by atoms with Crippen LogP contribution in [0.1, 0.15) is 59.5 Å². The number of aromatic nitrogens is 2. The molecule has 3 aromatic rings. The van der Waals surface area contributed by atoms with Crippen LogP contribution in [0.25, 0.3) is 28.4 Å². The summed E-state index contributed by atoms with van der Waals surface area (Å²) in [5, 5.41) is 1.14. The molecule has 7 heteroatoms. The number of benzene rings is 1. The number of esters is 1. The normalized spacial score (nSPS) is 18.2. The van der Waals surface area contributed by atoms with Crippen LogP contribution < -0.4 is 0 Å². The molecule has 0 radical (unpaired) electrons. The molecule has 186 valence electrons. The van der Waals surface area contributed by atoms with Gasteiger partial charge in [0.15, 0.2) is 0 Å². The Morgan fingerprint density at radius 1 is 1.08 bits per heavy atom. The van der Waals surface area contributed by atoms with E-state index < -0.39 is 0 Å². The van der Waals surface area contributed by atoms with Crippen molar-refractivity contribution in [1.82, 2.24) is 14.5 Å². The zero-order chi connectivity index (χ0) is 24.6. The SMILES string of the molecule is COC(=O)c1ccc2c(C3CCCCC3)c3n(c2c1)CC(C(=O)N1CCOCC1)=Cc1cccnc1-3. The highest BCUT2D eigenvalue weighted by Gasteiger charge is 2.32. The van der Waals surface area contributed by atoms with Crippen molar-refractivity contribution in [1.29, 1.82) is 0 Å². The lowest BCUT2D eigenvalue weighted by Crippen LogP contribution is -2.41. The van der Waals surface area contributed by atoms with Gasteiger partial charge in [-0.1, -0.05) is 31.4 Å². The van der Waals surface area contributed by atoms with Gasteiger partial charge in [0, 0.05) is 35.8 Å². The van der Waals surface area contributed by atoms with E-state index in [0.29, 0.717) is 44.3 Å². The molecule has 0 unspecified atom stereocenters. The van der Waals surface area contributed by atoms with Crippen LogP contribution in [-0.2, 0) is 20.8 Å². The molecule has 2 aliphatic heterocycles. The highest BCUT2D eigenvalue weighted by molar-refractivity contribution is 6.03. The fourth-order valence-corrected chi connectivity index (χ4v) is 6.08. The van der Waals surface area contributed by atoms with Crippen molar-refractivity contribution in [3.63, 3.8) is 0 Å². The third kappa shape index (κ3) is 3.91. The minimum absolute atomic E-state index is 0.0335. The Labute approximate surface area is 210 Å². The van der Waals surface area contributed by atoms with E-state index in [1.807, 2.05) is 41.4 Å². The molecular formula is C29H31N3O4. The van der Waals surface area contributed by atoms with Crippen molar-refractivity contribution in [2.45, 2.75) is 44.6 Å². The van der Waals surface area contributed by atoms with Gasteiger partial charge < -0.3 is 18.9 Å². The lowest BCUT2D eigenvalue weighted by atomic mass is 9.82. The number of methoxy groups -OCH3 is 1. The topological polar surface area (TPSA) is 73.7 Å². The number of nitrogens with zero attached hydrogens (tertiary/aromatic N) is 3. The second-order valence-corrected chi connectivity index (χ2v) is 9.92. The summed E-state index contributed by atoms with van der Waals surface area (Å²) in [6.45, 7) is 2.73. The van der Waals surface area contributed by atoms with Crippen LogP contribution in [-0.4, -0.2) is 59.7 Å². The fraction of sp³-hybridized carbons (Fsp3) is 0.414. The number of amides is 1. The maximum Gasteiger partial charge on any atom is 0.337 e. The van der Waals surface area contributed by atoms with Gasteiger partial charge in [-0.2, -0.15) is 0 Å². The van der Waals surface area contributed by atoms with Crippen LogP contribution in [0, 0.1) is 0 Å². The summed E-state index contributed by atoms with van der Waals surface area (Å²) in [6, 6.07) is 9.81. The predicted molar refractivity (Wildman–Crippen MR) is 138 cm³/mol. The van der Waals surface area contributed by atoms with Gasteiger partial charge in [-0.25, -0.2) is 4.79 Å². The Morgan fingerprint density at radius 3 is 2.67 bits per heavy atom. The largest absolute Gasteiger partial charge is 0.465 e.